The van der Waals surface area contributed by atoms with Crippen LogP contribution in [0.5, 0.6) is 0 Å². The lowest BCUT2D eigenvalue weighted by atomic mass is 10.2. The van der Waals surface area contributed by atoms with Gasteiger partial charge in [-0.15, -0.1) is 0 Å². The molecule has 1 N–H and O–H groups in total. The van der Waals surface area contributed by atoms with Gasteiger partial charge >= 0.3 is 0 Å². The number of carbonyl (C=O) groups excluding carboxylic acids is 1. The molecule has 24 heavy (non-hydrogen) atoms. The molecule has 122 valence electrons. The number of carbonyl (C=O) groups is 1. The van der Waals surface area contributed by atoms with Gasteiger partial charge in [0.15, 0.2) is 0 Å². The van der Waals surface area contributed by atoms with Crippen molar-refractivity contribution < 1.29 is 14.3 Å². The third-order valence-electron chi connectivity index (χ3n) is 3.55. The molecule has 1 amide bonds. The lowest BCUT2D eigenvalue weighted by Crippen LogP contribution is -2.34. The number of furan rings is 1. The number of hydrogen-bond acceptors (Lipinski definition) is 5. The van der Waals surface area contributed by atoms with Crippen LogP contribution in [0.15, 0.2) is 71.7 Å². The molecule has 3 rings (SSSR count). The molecule has 3 aromatic rings. The van der Waals surface area contributed by atoms with E-state index in [0.717, 1.165) is 5.56 Å². The van der Waals surface area contributed by atoms with Gasteiger partial charge in [0.05, 0.1) is 19.0 Å². The third kappa shape index (κ3) is 3.85. The van der Waals surface area contributed by atoms with Crippen LogP contribution < -0.4 is 0 Å². The van der Waals surface area contributed by atoms with Crippen molar-refractivity contribution in [1.29, 1.82) is 0 Å². The van der Waals surface area contributed by atoms with Gasteiger partial charge in [-0.05, 0) is 17.7 Å². The van der Waals surface area contributed by atoms with Gasteiger partial charge < -0.3 is 14.4 Å². The zero-order valence-corrected chi connectivity index (χ0v) is 12.9. The minimum atomic E-state index is -0.913. The van der Waals surface area contributed by atoms with E-state index in [4.69, 9.17) is 4.42 Å². The normalized spacial score (nSPS) is 11.9. The average Bonchev–Trinajstić information content (AvgIpc) is 3.17. The molecule has 2 heterocycles. The van der Waals surface area contributed by atoms with Crippen LogP contribution in [0, 0.1) is 0 Å². The fraction of sp³-hybridized carbons (Fsp3) is 0.167. The highest BCUT2D eigenvalue weighted by atomic mass is 16.4. The van der Waals surface area contributed by atoms with Crippen LogP contribution in [0.25, 0.3) is 0 Å². The Hall–Kier alpha value is -2.99. The second kappa shape index (κ2) is 7.52. The Morgan fingerprint density at radius 2 is 2.00 bits per heavy atom. The van der Waals surface area contributed by atoms with Crippen LogP contribution in [0.2, 0.25) is 0 Å². The standard InChI is InChI=1S/C18H17N3O3/c22-16(17-7-4-10-24-17)13-21(12-14-5-2-1-3-6-14)18(23)15-11-19-8-9-20-15/h1-11,16,22H,12-13H2/t16-/m0/s1. The molecule has 0 saturated carbocycles. The first-order valence-electron chi connectivity index (χ1n) is 7.54. The summed E-state index contributed by atoms with van der Waals surface area (Å²) in [6.45, 7) is 0.450. The van der Waals surface area contributed by atoms with Crippen molar-refractivity contribution in [1.82, 2.24) is 14.9 Å². The molecule has 0 spiro atoms. The van der Waals surface area contributed by atoms with E-state index in [2.05, 4.69) is 9.97 Å². The molecule has 1 aromatic carbocycles. The van der Waals surface area contributed by atoms with Gasteiger partial charge in [0.1, 0.15) is 17.6 Å². The van der Waals surface area contributed by atoms with Crippen molar-refractivity contribution in [2.45, 2.75) is 12.6 Å². The summed E-state index contributed by atoms with van der Waals surface area (Å²) < 4.78 is 5.22. The van der Waals surface area contributed by atoms with Gasteiger partial charge in [-0.2, -0.15) is 0 Å². The predicted octanol–water partition coefficient (Wildman–Crippen LogP) is 2.45. The molecule has 0 aliphatic carbocycles. The lowest BCUT2D eigenvalue weighted by Gasteiger charge is -2.24. The topological polar surface area (TPSA) is 79.5 Å². The summed E-state index contributed by atoms with van der Waals surface area (Å²) in [4.78, 5) is 22.3. The molecule has 0 unspecified atom stereocenters. The SMILES string of the molecule is O=C(c1cnccn1)N(Cc1ccccc1)C[C@H](O)c1ccco1. The van der Waals surface area contributed by atoms with E-state index in [9.17, 15) is 9.90 Å². The van der Waals surface area contributed by atoms with E-state index < -0.39 is 6.10 Å². The summed E-state index contributed by atoms with van der Waals surface area (Å²) >= 11 is 0. The van der Waals surface area contributed by atoms with Gasteiger partial charge in [-0.1, -0.05) is 30.3 Å². The van der Waals surface area contributed by atoms with Crippen LogP contribution in [0.3, 0.4) is 0 Å². The Morgan fingerprint density at radius 3 is 2.67 bits per heavy atom. The van der Waals surface area contributed by atoms with E-state index in [1.54, 1.807) is 12.1 Å². The maximum atomic E-state index is 12.7. The number of aliphatic hydroxyl groups is 1. The van der Waals surface area contributed by atoms with E-state index >= 15 is 0 Å². The molecular formula is C18H17N3O3. The number of benzene rings is 1. The highest BCUT2D eigenvalue weighted by molar-refractivity contribution is 5.91. The number of hydrogen-bond donors (Lipinski definition) is 1. The van der Waals surface area contributed by atoms with Crippen LogP contribution in [-0.2, 0) is 6.54 Å². The Balaban J connectivity index is 1.81. The van der Waals surface area contributed by atoms with Gasteiger partial charge in [0, 0.05) is 18.9 Å². The maximum Gasteiger partial charge on any atom is 0.274 e. The first-order valence-corrected chi connectivity index (χ1v) is 7.54. The first kappa shape index (κ1) is 15.9. The summed E-state index contributed by atoms with van der Waals surface area (Å²) in [6.07, 6.45) is 4.97. The largest absolute Gasteiger partial charge is 0.467 e. The average molecular weight is 323 g/mol. The second-order valence-electron chi connectivity index (χ2n) is 5.29. The number of rotatable bonds is 6. The van der Waals surface area contributed by atoms with E-state index in [0.29, 0.717) is 12.3 Å². The zero-order valence-electron chi connectivity index (χ0n) is 12.9. The van der Waals surface area contributed by atoms with Gasteiger partial charge in [0.25, 0.3) is 5.91 Å². The van der Waals surface area contributed by atoms with Crippen molar-refractivity contribution >= 4 is 5.91 Å². The minimum Gasteiger partial charge on any atom is -0.467 e. The summed E-state index contributed by atoms with van der Waals surface area (Å²) in [5, 5.41) is 10.3. The molecule has 0 radical (unpaired) electrons. The smallest absolute Gasteiger partial charge is 0.274 e. The molecule has 1 atom stereocenters. The van der Waals surface area contributed by atoms with Gasteiger partial charge in [-0.25, -0.2) is 4.98 Å². The zero-order chi connectivity index (χ0) is 16.8. The predicted molar refractivity (Wildman–Crippen MR) is 86.9 cm³/mol. The van der Waals surface area contributed by atoms with Crippen LogP contribution >= 0.6 is 0 Å². The Kier molecular flexibility index (Phi) is 4.98. The monoisotopic (exact) mass is 323 g/mol. The lowest BCUT2D eigenvalue weighted by molar-refractivity contribution is 0.0557. The molecule has 0 fully saturated rings. The van der Waals surface area contributed by atoms with Crippen molar-refractivity contribution in [3.8, 4) is 0 Å². The van der Waals surface area contributed by atoms with E-state index in [-0.39, 0.29) is 18.1 Å². The second-order valence-corrected chi connectivity index (χ2v) is 5.29. The number of amides is 1. The van der Waals surface area contributed by atoms with E-state index in [1.165, 1.54) is 29.8 Å². The van der Waals surface area contributed by atoms with Crippen LogP contribution in [-0.4, -0.2) is 32.4 Å². The van der Waals surface area contributed by atoms with Crippen LogP contribution in [0.1, 0.15) is 27.9 Å². The minimum absolute atomic E-state index is 0.0951. The molecule has 0 bridgehead atoms. The summed E-state index contributed by atoms with van der Waals surface area (Å²) in [7, 11) is 0. The van der Waals surface area contributed by atoms with E-state index in [1.807, 2.05) is 30.3 Å². The molecule has 6 heteroatoms. The number of aliphatic hydroxyl groups excluding tert-OH is 1. The van der Waals surface area contributed by atoms with Crippen molar-refractivity contribution in [2.24, 2.45) is 0 Å². The summed E-state index contributed by atoms with van der Waals surface area (Å²) in [6, 6.07) is 13.0. The fourth-order valence-electron chi connectivity index (χ4n) is 2.37. The quantitative estimate of drug-likeness (QED) is 0.754. The highest BCUT2D eigenvalue weighted by Crippen LogP contribution is 2.17. The van der Waals surface area contributed by atoms with Gasteiger partial charge in [-0.3, -0.25) is 9.78 Å². The molecule has 2 aromatic heterocycles. The Morgan fingerprint density at radius 1 is 1.17 bits per heavy atom. The molecule has 6 nitrogen and oxygen atoms in total. The van der Waals surface area contributed by atoms with Crippen molar-refractivity contribution in [3.63, 3.8) is 0 Å². The molecular weight excluding hydrogens is 306 g/mol. The van der Waals surface area contributed by atoms with Crippen LogP contribution in [0.4, 0.5) is 0 Å². The number of aromatic nitrogens is 2. The summed E-state index contributed by atoms with van der Waals surface area (Å²) in [5.74, 6) is 0.123. The van der Waals surface area contributed by atoms with Crippen molar-refractivity contribution in [3.05, 3.63) is 84.3 Å². The third-order valence-corrected chi connectivity index (χ3v) is 3.55. The van der Waals surface area contributed by atoms with Crippen molar-refractivity contribution in [2.75, 3.05) is 6.54 Å². The molecule has 0 aliphatic rings. The molecule has 0 saturated heterocycles. The molecule has 0 aliphatic heterocycles. The summed E-state index contributed by atoms with van der Waals surface area (Å²) in [5.41, 5.74) is 1.20. The first-order chi connectivity index (χ1) is 11.7. The Labute approximate surface area is 139 Å². The maximum absolute atomic E-state index is 12.7. The van der Waals surface area contributed by atoms with Gasteiger partial charge in [0.2, 0.25) is 0 Å². The highest BCUT2D eigenvalue weighted by Gasteiger charge is 2.22. The Bertz CT molecular complexity index is 761. The number of nitrogens with zero attached hydrogens (tertiary/aromatic N) is 3. The fourth-order valence-corrected chi connectivity index (χ4v) is 2.37.